The van der Waals surface area contributed by atoms with Gasteiger partial charge in [-0.25, -0.2) is 4.68 Å². The summed E-state index contributed by atoms with van der Waals surface area (Å²) in [6.07, 6.45) is 1.31. The van der Waals surface area contributed by atoms with Crippen LogP contribution < -0.4 is 5.43 Å². The molecule has 2 fully saturated rings. The van der Waals surface area contributed by atoms with Crippen molar-refractivity contribution in [1.29, 1.82) is 0 Å². The highest BCUT2D eigenvalue weighted by molar-refractivity contribution is 5.92. The standard InChI is InChI=1S/C21H24N4O4/c1-15-14-17(26)19(22-25(15)16-6-3-2-4-7-16)21(28)24-11-9-23(10-12-24)20(27)18-8-5-13-29-18/h2-4,6-7,14,18H,5,8-13H2,1H3. The Morgan fingerprint density at radius 2 is 1.76 bits per heavy atom. The average molecular weight is 396 g/mol. The maximum atomic E-state index is 13.0. The van der Waals surface area contributed by atoms with Gasteiger partial charge in [-0.15, -0.1) is 0 Å². The van der Waals surface area contributed by atoms with Crippen LogP contribution in [0, 0.1) is 6.92 Å². The molecule has 0 radical (unpaired) electrons. The summed E-state index contributed by atoms with van der Waals surface area (Å²) in [4.78, 5) is 41.2. The van der Waals surface area contributed by atoms with Gasteiger partial charge in [0.05, 0.1) is 5.69 Å². The van der Waals surface area contributed by atoms with Crippen molar-refractivity contribution in [1.82, 2.24) is 19.6 Å². The summed E-state index contributed by atoms with van der Waals surface area (Å²) in [5.41, 5.74) is 0.951. The quantitative estimate of drug-likeness (QED) is 0.773. The molecule has 0 bridgehead atoms. The lowest BCUT2D eigenvalue weighted by Gasteiger charge is -2.35. The van der Waals surface area contributed by atoms with E-state index in [9.17, 15) is 14.4 Å². The van der Waals surface area contributed by atoms with Crippen LogP contribution in [-0.2, 0) is 9.53 Å². The largest absolute Gasteiger partial charge is 0.368 e. The number of hydrogen-bond acceptors (Lipinski definition) is 5. The van der Waals surface area contributed by atoms with E-state index in [2.05, 4.69) is 5.10 Å². The molecule has 2 amide bonds. The summed E-state index contributed by atoms with van der Waals surface area (Å²) in [7, 11) is 0. The topological polar surface area (TPSA) is 84.7 Å². The van der Waals surface area contributed by atoms with Crippen molar-refractivity contribution in [3.05, 3.63) is 58.0 Å². The van der Waals surface area contributed by atoms with Crippen LogP contribution in [-0.4, -0.2) is 70.3 Å². The Balaban J connectivity index is 1.49. The van der Waals surface area contributed by atoms with Gasteiger partial charge in [0, 0.05) is 44.5 Å². The van der Waals surface area contributed by atoms with Gasteiger partial charge < -0.3 is 14.5 Å². The molecule has 152 valence electrons. The molecule has 2 saturated heterocycles. The first-order chi connectivity index (χ1) is 14.0. The van der Waals surface area contributed by atoms with Crippen molar-refractivity contribution < 1.29 is 14.3 Å². The average Bonchev–Trinajstić information content (AvgIpc) is 3.28. The number of piperazine rings is 1. The molecule has 8 heteroatoms. The maximum Gasteiger partial charge on any atom is 0.278 e. The van der Waals surface area contributed by atoms with Crippen LogP contribution in [0.15, 0.2) is 41.2 Å². The minimum atomic E-state index is -0.399. The number of aromatic nitrogens is 2. The lowest BCUT2D eigenvalue weighted by atomic mass is 10.2. The van der Waals surface area contributed by atoms with E-state index in [0.717, 1.165) is 18.5 Å². The molecule has 2 aliphatic heterocycles. The molecular weight excluding hydrogens is 372 g/mol. The van der Waals surface area contributed by atoms with Gasteiger partial charge in [-0.05, 0) is 31.9 Å². The number of benzene rings is 1. The summed E-state index contributed by atoms with van der Waals surface area (Å²) in [6, 6.07) is 10.8. The molecule has 3 heterocycles. The zero-order valence-electron chi connectivity index (χ0n) is 16.4. The molecule has 8 nitrogen and oxygen atoms in total. The number of carbonyl (C=O) groups excluding carboxylic acids is 2. The van der Waals surface area contributed by atoms with E-state index in [0.29, 0.717) is 38.5 Å². The zero-order chi connectivity index (χ0) is 20.4. The Morgan fingerprint density at radius 1 is 1.07 bits per heavy atom. The van der Waals surface area contributed by atoms with Gasteiger partial charge in [-0.1, -0.05) is 18.2 Å². The van der Waals surface area contributed by atoms with Crippen LogP contribution >= 0.6 is 0 Å². The predicted molar refractivity (Wildman–Crippen MR) is 106 cm³/mol. The van der Waals surface area contributed by atoms with Crippen molar-refractivity contribution in [2.45, 2.75) is 25.9 Å². The second-order valence-corrected chi connectivity index (χ2v) is 7.37. The number of para-hydroxylation sites is 1. The second-order valence-electron chi connectivity index (χ2n) is 7.37. The van der Waals surface area contributed by atoms with E-state index in [1.807, 2.05) is 30.3 Å². The maximum absolute atomic E-state index is 13.0. The van der Waals surface area contributed by atoms with E-state index < -0.39 is 11.3 Å². The summed E-state index contributed by atoms with van der Waals surface area (Å²) in [5, 5.41) is 4.35. The first-order valence-corrected chi connectivity index (χ1v) is 9.90. The fourth-order valence-electron chi connectivity index (χ4n) is 3.78. The minimum absolute atomic E-state index is 0.00510. The van der Waals surface area contributed by atoms with Crippen LogP contribution in [0.4, 0.5) is 0 Å². The first kappa shape index (κ1) is 19.3. The number of amides is 2. The molecule has 1 unspecified atom stereocenters. The molecule has 1 aromatic carbocycles. The highest BCUT2D eigenvalue weighted by Gasteiger charge is 2.32. The summed E-state index contributed by atoms with van der Waals surface area (Å²) >= 11 is 0. The molecular formula is C21H24N4O4. The molecule has 29 heavy (non-hydrogen) atoms. The van der Waals surface area contributed by atoms with Crippen molar-refractivity contribution in [2.24, 2.45) is 0 Å². The fourth-order valence-corrected chi connectivity index (χ4v) is 3.78. The smallest absolute Gasteiger partial charge is 0.278 e. The van der Waals surface area contributed by atoms with Crippen LogP contribution in [0.1, 0.15) is 29.0 Å². The lowest BCUT2D eigenvalue weighted by Crippen LogP contribution is -2.53. The third-order valence-corrected chi connectivity index (χ3v) is 5.39. The summed E-state index contributed by atoms with van der Waals surface area (Å²) < 4.78 is 7.07. The molecule has 2 aromatic rings. The molecule has 1 atom stereocenters. The van der Waals surface area contributed by atoms with Crippen LogP contribution in [0.25, 0.3) is 5.69 Å². The van der Waals surface area contributed by atoms with Gasteiger partial charge >= 0.3 is 0 Å². The number of ether oxygens (including phenoxy) is 1. The SMILES string of the molecule is Cc1cc(=O)c(C(=O)N2CCN(C(=O)C3CCCO3)CC2)nn1-c1ccccc1. The lowest BCUT2D eigenvalue weighted by molar-refractivity contribution is -0.142. The molecule has 0 N–H and O–H groups in total. The fraction of sp³-hybridized carbons (Fsp3) is 0.429. The van der Waals surface area contributed by atoms with Gasteiger partial charge in [0.25, 0.3) is 11.8 Å². The monoisotopic (exact) mass is 396 g/mol. The molecule has 2 aliphatic rings. The van der Waals surface area contributed by atoms with Crippen molar-refractivity contribution in [3.8, 4) is 5.69 Å². The van der Waals surface area contributed by atoms with Crippen LogP contribution in [0.5, 0.6) is 0 Å². The minimum Gasteiger partial charge on any atom is -0.368 e. The van der Waals surface area contributed by atoms with Crippen molar-refractivity contribution in [3.63, 3.8) is 0 Å². The van der Waals surface area contributed by atoms with E-state index in [4.69, 9.17) is 4.74 Å². The molecule has 1 aromatic heterocycles. The van der Waals surface area contributed by atoms with Gasteiger partial charge in [0.2, 0.25) is 5.43 Å². The normalized spacial score (nSPS) is 19.4. The van der Waals surface area contributed by atoms with Gasteiger partial charge in [-0.2, -0.15) is 5.10 Å². The Kier molecular flexibility index (Phi) is 5.44. The number of carbonyl (C=O) groups is 2. The third kappa shape index (κ3) is 3.93. The molecule has 4 rings (SSSR count). The van der Waals surface area contributed by atoms with Gasteiger partial charge in [0.15, 0.2) is 5.69 Å². The number of aryl methyl sites for hydroxylation is 1. The third-order valence-electron chi connectivity index (χ3n) is 5.39. The van der Waals surface area contributed by atoms with E-state index >= 15 is 0 Å². The van der Waals surface area contributed by atoms with Gasteiger partial charge in [0.1, 0.15) is 6.10 Å². The highest BCUT2D eigenvalue weighted by atomic mass is 16.5. The molecule has 0 spiro atoms. The van der Waals surface area contributed by atoms with E-state index in [1.54, 1.807) is 21.4 Å². The Labute approximate surface area is 168 Å². The van der Waals surface area contributed by atoms with E-state index in [-0.39, 0.29) is 17.7 Å². The summed E-state index contributed by atoms with van der Waals surface area (Å²) in [5.74, 6) is -0.404. The van der Waals surface area contributed by atoms with Crippen LogP contribution in [0.2, 0.25) is 0 Å². The molecule has 0 saturated carbocycles. The Hall–Kier alpha value is -3.00. The van der Waals surface area contributed by atoms with Gasteiger partial charge in [-0.3, -0.25) is 14.4 Å². The van der Waals surface area contributed by atoms with Crippen molar-refractivity contribution >= 4 is 11.8 Å². The number of nitrogens with zero attached hydrogens (tertiary/aromatic N) is 4. The Bertz CT molecular complexity index is 958. The number of hydrogen-bond donors (Lipinski definition) is 0. The zero-order valence-corrected chi connectivity index (χ0v) is 16.4. The predicted octanol–water partition coefficient (Wildman–Crippen LogP) is 1.00. The Morgan fingerprint density at radius 3 is 2.41 bits per heavy atom. The molecule has 0 aliphatic carbocycles. The number of rotatable bonds is 3. The second kappa shape index (κ2) is 8.16. The van der Waals surface area contributed by atoms with Crippen molar-refractivity contribution in [2.75, 3.05) is 32.8 Å². The first-order valence-electron chi connectivity index (χ1n) is 9.90. The van der Waals surface area contributed by atoms with E-state index in [1.165, 1.54) is 6.07 Å². The van der Waals surface area contributed by atoms with Crippen LogP contribution in [0.3, 0.4) is 0 Å². The highest BCUT2D eigenvalue weighted by Crippen LogP contribution is 2.16. The summed E-state index contributed by atoms with van der Waals surface area (Å²) in [6.45, 7) is 4.02.